The van der Waals surface area contributed by atoms with E-state index in [2.05, 4.69) is 251 Å². The number of carbonyl (C=O) groups excluding carboxylic acids is 7. The van der Waals surface area contributed by atoms with Crippen molar-refractivity contribution in [2.75, 3.05) is 0 Å². The van der Waals surface area contributed by atoms with Gasteiger partial charge >= 0.3 is 17.9 Å². The third-order valence-electron chi connectivity index (χ3n) is 55.3. The van der Waals surface area contributed by atoms with Crippen molar-refractivity contribution in [3.63, 3.8) is 0 Å². The van der Waals surface area contributed by atoms with Gasteiger partial charge in [0.2, 0.25) is 0 Å². The molecule has 0 heterocycles. The SMILES string of the molecule is CC(=O)O[C@H]1CC[C@@]2(C)C(CC[C@]3(C)C2C(=O)C=C2C4[C@@H](C)[C@H](C)CC[C@]4(C(=O)Cc4ccccc4)CC[C@]23C)C1(C)C.CC(=O)O[C@H]1CC[C@@]2(C)C(CC[C@]3(C)C2C(=O)C=C2C4[C@@H](C)[C@H](C)CC[C@]4(C)CC[C@]23C)C1(C)C.CC(=O)O[C@H]1CC[C@@]2(C)C(CC[C@]3(C)C2C(=O)C=C2C4[C@@H](C)[C@H](C)CC[C@]4(C)CC[C@]23C)C1(C)C.CC[C@]12CC[C@@H](C)[C@H](C)[C@H]1C1=CC[C@@H]3[C@@]4(C)CC[C@H](O)C(C)(C)[C@@H]4CC[C@@]3(C)[C@]1(C)CC2. The zero-order valence-corrected chi connectivity index (χ0v) is 98.3. The second-order valence-electron chi connectivity index (χ2n) is 62.1. The number of hydrogen-bond donors (Lipinski definition) is 1. The van der Waals surface area contributed by atoms with Crippen molar-refractivity contribution in [1.82, 2.24) is 0 Å². The van der Waals surface area contributed by atoms with E-state index >= 15 is 0 Å². The molecule has 1 aromatic rings. The lowest BCUT2D eigenvalue weighted by molar-refractivity contribution is -0.211. The number of ketones is 4. The maximum atomic E-state index is 14.7. The summed E-state index contributed by atoms with van der Waals surface area (Å²) in [5.41, 5.74) is 8.56. The number of esters is 3. The summed E-state index contributed by atoms with van der Waals surface area (Å²) in [6, 6.07) is 10.2. The van der Waals surface area contributed by atoms with Crippen LogP contribution in [0.5, 0.6) is 0 Å². The zero-order valence-electron chi connectivity index (χ0n) is 98.3. The molecule has 16 saturated carbocycles. The Balaban J connectivity index is 0.000000128. The molecule has 11 heteroatoms. The van der Waals surface area contributed by atoms with Gasteiger partial charge in [0.25, 0.3) is 0 Å². The number of carbonyl (C=O) groups is 7. The highest BCUT2D eigenvalue weighted by Crippen LogP contribution is 2.83. The Labute approximate surface area is 882 Å². The zero-order chi connectivity index (χ0) is 106. The first kappa shape index (κ1) is 110. The standard InChI is InChI=1S/C39H54O4.2C32H50O3.C31H52O/c1-24-14-19-39(31(42)22-27-12-10-9-11-13-27)21-20-37(7)28(33(39)25(24)2)23-29(41)34-36(6)17-16-32(43-26(3)40)35(4,5)30(36)15-18-38(34,37)8;2*1-19-10-13-29(6)16-17-31(8)22(26(29)20(19)2)18-23(34)27-30(7)14-12-25(35-21(3)33)28(4,5)24(30)11-15-32(27,31)9;1-9-31-17-12-20(2)21(3)26(31)22-10-11-24-28(6)15-14-25(32)27(4,5)23(28)13-16-30(24,8)29(22,7)18-19-31/h9-13,23-25,30,32-34H,14-22H2,1-8H3;2*18-20,24-27H,10-17H2,1-9H3;10,20-21,23-26,32H,9,11-19H2,1-8H3/t24-,25+,30?,32+,33?,34?,36+,37-,38-,39-;2*19-,20+,24?,25+,26?,27?,29-,30+,31-,32-;20-,21+,23+,24-,25+,26+,28+,29-,30-,31-/m1111/s1. The second kappa shape index (κ2) is 36.4. The molecule has 0 radical (unpaired) electrons. The van der Waals surface area contributed by atoms with Crippen molar-refractivity contribution < 1.29 is 52.9 Å². The smallest absolute Gasteiger partial charge is 0.302 e. The Kier molecular flexibility index (Phi) is 27.6. The van der Waals surface area contributed by atoms with E-state index in [0.717, 1.165) is 150 Å². The number of rotatable bonds is 7. The Morgan fingerprint density at radius 3 is 1.05 bits per heavy atom. The molecule has 0 saturated heterocycles. The Morgan fingerprint density at radius 2 is 0.655 bits per heavy atom. The number of fused-ring (bicyclic) bond motifs is 28. The Bertz CT molecular complexity index is 5190. The largest absolute Gasteiger partial charge is 0.462 e. The minimum atomic E-state index is -0.387. The van der Waals surface area contributed by atoms with Crippen LogP contribution in [0.15, 0.2) is 76.9 Å². The summed E-state index contributed by atoms with van der Waals surface area (Å²) in [4.78, 5) is 93.7. The van der Waals surface area contributed by atoms with E-state index < -0.39 is 0 Å². The molecular weight excluding hydrogens is 1790 g/mol. The quantitative estimate of drug-likeness (QED) is 0.157. The summed E-state index contributed by atoms with van der Waals surface area (Å²) in [5.74, 6) is 10.8. The van der Waals surface area contributed by atoms with Gasteiger partial charge in [-0.1, -0.05) is 273 Å². The molecular formula is C134H206O11. The minimum Gasteiger partial charge on any atom is -0.462 e. The predicted octanol–water partition coefficient (Wildman–Crippen LogP) is 32.5. The summed E-state index contributed by atoms with van der Waals surface area (Å²) in [7, 11) is 0. The highest BCUT2D eigenvalue weighted by Gasteiger charge is 2.78. The monoisotopic (exact) mass is 1990 g/mol. The van der Waals surface area contributed by atoms with Gasteiger partial charge < -0.3 is 19.3 Å². The molecule has 20 aliphatic rings. The topological polar surface area (TPSA) is 167 Å². The molecule has 1 N–H and O–H groups in total. The van der Waals surface area contributed by atoms with Gasteiger partial charge in [0.1, 0.15) is 24.1 Å². The molecule has 16 fully saturated rings. The van der Waals surface area contributed by atoms with Gasteiger partial charge in [-0.2, -0.15) is 0 Å². The van der Waals surface area contributed by atoms with Crippen molar-refractivity contribution in [2.24, 2.45) is 227 Å². The van der Waals surface area contributed by atoms with Crippen LogP contribution >= 0.6 is 0 Å². The van der Waals surface area contributed by atoms with Crippen molar-refractivity contribution in [1.29, 1.82) is 0 Å². The molecule has 9 unspecified atom stereocenters. The summed E-state index contributed by atoms with van der Waals surface area (Å²) in [6.07, 6.45) is 48.8. The lowest BCUT2D eigenvalue weighted by Crippen LogP contribution is -2.67. The molecule has 0 bridgehead atoms. The van der Waals surface area contributed by atoms with Crippen molar-refractivity contribution >= 4 is 41.0 Å². The van der Waals surface area contributed by atoms with Gasteiger partial charge in [-0.25, -0.2) is 0 Å². The number of Topliss-reactive ketones (excluding diaryl/α,β-unsaturated/α-hetero) is 1. The van der Waals surface area contributed by atoms with Crippen LogP contribution in [-0.4, -0.2) is 70.6 Å². The van der Waals surface area contributed by atoms with Crippen LogP contribution in [0.1, 0.15) is 459 Å². The fourth-order valence-corrected chi connectivity index (χ4v) is 45.5. The van der Waals surface area contributed by atoms with E-state index in [0.29, 0.717) is 121 Å². The van der Waals surface area contributed by atoms with E-state index in [-0.39, 0.29) is 142 Å². The van der Waals surface area contributed by atoms with Crippen molar-refractivity contribution in [2.45, 2.75) is 485 Å². The molecule has 0 aromatic heterocycles. The predicted molar refractivity (Wildman–Crippen MR) is 587 cm³/mol. The molecule has 40 atom stereocenters. The van der Waals surface area contributed by atoms with E-state index in [4.69, 9.17) is 14.2 Å². The highest BCUT2D eigenvalue weighted by atomic mass is 16.6. The number of aliphatic hydroxyl groups excluding tert-OH is 1. The maximum Gasteiger partial charge on any atom is 0.302 e. The number of ether oxygens (including phenoxy) is 3. The van der Waals surface area contributed by atoms with Crippen LogP contribution in [0.2, 0.25) is 0 Å². The minimum absolute atomic E-state index is 0.00843. The maximum absolute atomic E-state index is 14.7. The first-order valence-electron chi connectivity index (χ1n) is 60.5. The molecule has 0 spiro atoms. The number of aliphatic hydroxyl groups is 1. The highest BCUT2D eigenvalue weighted by molar-refractivity contribution is 5.98. The summed E-state index contributed by atoms with van der Waals surface area (Å²) >= 11 is 0. The van der Waals surface area contributed by atoms with Gasteiger partial charge in [-0.05, 0) is 429 Å². The summed E-state index contributed by atoms with van der Waals surface area (Å²) in [5, 5.41) is 10.9. The molecule has 21 rings (SSSR count). The number of hydrogen-bond acceptors (Lipinski definition) is 11. The summed E-state index contributed by atoms with van der Waals surface area (Å²) < 4.78 is 17.6. The van der Waals surface area contributed by atoms with Crippen LogP contribution < -0.4 is 0 Å². The molecule has 145 heavy (non-hydrogen) atoms. The van der Waals surface area contributed by atoms with Gasteiger partial charge in [0.05, 0.1) is 6.10 Å². The molecule has 0 aliphatic heterocycles. The number of benzene rings is 1. The Hall–Kier alpha value is -4.77. The molecule has 0 amide bonds. The van der Waals surface area contributed by atoms with Gasteiger partial charge in [0.15, 0.2) is 17.3 Å². The third-order valence-corrected chi connectivity index (χ3v) is 55.3. The van der Waals surface area contributed by atoms with Gasteiger partial charge in [0, 0.05) is 66.6 Å². The van der Waals surface area contributed by atoms with Gasteiger partial charge in [-0.3, -0.25) is 33.6 Å². The molecule has 11 nitrogen and oxygen atoms in total. The first-order chi connectivity index (χ1) is 67.2. The van der Waals surface area contributed by atoms with Crippen LogP contribution in [0.3, 0.4) is 0 Å². The van der Waals surface area contributed by atoms with Gasteiger partial charge in [-0.15, -0.1) is 0 Å². The molecule has 20 aliphatic carbocycles. The lowest BCUT2D eigenvalue weighted by atomic mass is 9.33. The van der Waals surface area contributed by atoms with Crippen LogP contribution in [0.25, 0.3) is 0 Å². The fourth-order valence-electron chi connectivity index (χ4n) is 45.5. The molecule has 808 valence electrons. The van der Waals surface area contributed by atoms with Crippen molar-refractivity contribution in [3.05, 3.63) is 82.5 Å². The molecule has 1 aromatic carbocycles. The lowest BCUT2D eigenvalue weighted by Gasteiger charge is -2.71. The average Bonchev–Trinajstić information content (AvgIpc) is 0.672. The van der Waals surface area contributed by atoms with Crippen LogP contribution in [0, 0.1) is 227 Å². The van der Waals surface area contributed by atoms with E-state index in [1.54, 1.807) is 0 Å². The average molecular weight is 1990 g/mol. The van der Waals surface area contributed by atoms with E-state index in [1.807, 2.05) is 23.8 Å². The Morgan fingerprint density at radius 1 is 0.324 bits per heavy atom. The summed E-state index contributed by atoms with van der Waals surface area (Å²) in [6.45, 7) is 80.5. The first-order valence-corrected chi connectivity index (χ1v) is 60.5. The fraction of sp³-hybridized carbons (Fsp3) is 0.843. The van der Waals surface area contributed by atoms with Crippen molar-refractivity contribution in [3.8, 4) is 0 Å². The normalized spacial score (nSPS) is 51.4. The van der Waals surface area contributed by atoms with E-state index in [9.17, 15) is 38.7 Å². The number of allylic oxidation sites excluding steroid dienone is 8. The third kappa shape index (κ3) is 15.7. The van der Waals surface area contributed by atoms with E-state index in [1.165, 1.54) is 147 Å². The second-order valence-corrected chi connectivity index (χ2v) is 62.1. The van der Waals surface area contributed by atoms with Crippen LogP contribution in [0.4, 0.5) is 0 Å². The van der Waals surface area contributed by atoms with Crippen LogP contribution in [-0.2, 0) is 54.2 Å².